The Morgan fingerprint density at radius 2 is 1.72 bits per heavy atom. The number of aliphatic hydroxyl groups is 2. The number of hydrogen-bond acceptors (Lipinski definition) is 5. The van der Waals surface area contributed by atoms with Crippen LogP contribution in [0, 0.1) is 0 Å². The van der Waals surface area contributed by atoms with E-state index in [9.17, 15) is 19.8 Å². The molecule has 0 saturated carbocycles. The second-order valence-corrected chi connectivity index (χ2v) is 7.94. The molecule has 1 aliphatic rings. The molecule has 4 rings (SSSR count). The van der Waals surface area contributed by atoms with Crippen LogP contribution in [0.1, 0.15) is 29.7 Å². The van der Waals surface area contributed by atoms with Crippen molar-refractivity contribution in [2.45, 2.75) is 38.1 Å². The number of hydrogen-bond donors (Lipinski definition) is 3. The molecular weight excluding hydrogens is 408 g/mol. The van der Waals surface area contributed by atoms with Gasteiger partial charge in [-0.15, -0.1) is 0 Å². The summed E-state index contributed by atoms with van der Waals surface area (Å²) >= 11 is 0. The van der Waals surface area contributed by atoms with Crippen molar-refractivity contribution < 1.29 is 19.8 Å². The first-order valence-corrected chi connectivity index (χ1v) is 10.6. The topological polar surface area (TPSA) is 108 Å². The van der Waals surface area contributed by atoms with Gasteiger partial charge in [0.25, 0.3) is 11.8 Å². The number of aromatic nitrogens is 2. The summed E-state index contributed by atoms with van der Waals surface area (Å²) in [4.78, 5) is 26.7. The number of amides is 2. The maximum Gasteiger partial charge on any atom is 0.255 e. The highest BCUT2D eigenvalue weighted by molar-refractivity contribution is 5.91. The van der Waals surface area contributed by atoms with Crippen LogP contribution in [-0.4, -0.2) is 55.5 Å². The molecule has 0 fully saturated rings. The lowest BCUT2D eigenvalue weighted by Gasteiger charge is -2.31. The molecule has 2 amide bonds. The van der Waals surface area contributed by atoms with E-state index >= 15 is 0 Å². The molecule has 3 aromatic rings. The number of aliphatic hydroxyl groups excluding tert-OH is 2. The second kappa shape index (κ2) is 9.33. The maximum absolute atomic E-state index is 12.7. The molecule has 8 nitrogen and oxygen atoms in total. The predicted octanol–water partition coefficient (Wildman–Crippen LogP) is 1.36. The van der Waals surface area contributed by atoms with Crippen LogP contribution in [-0.2, 0) is 22.6 Å². The van der Waals surface area contributed by atoms with E-state index in [2.05, 4.69) is 10.4 Å². The number of carbonyl (C=O) groups excluding carboxylic acids is 2. The van der Waals surface area contributed by atoms with E-state index in [0.29, 0.717) is 19.5 Å². The van der Waals surface area contributed by atoms with Crippen LogP contribution in [0.15, 0.2) is 67.0 Å². The lowest BCUT2D eigenvalue weighted by Crippen LogP contribution is -2.51. The van der Waals surface area contributed by atoms with Crippen LogP contribution in [0.5, 0.6) is 0 Å². The molecule has 0 aliphatic carbocycles. The Hall–Kier alpha value is -3.49. The first-order chi connectivity index (χ1) is 15.4. The van der Waals surface area contributed by atoms with Gasteiger partial charge in [0, 0.05) is 25.5 Å². The lowest BCUT2D eigenvalue weighted by atomic mass is 9.99. The van der Waals surface area contributed by atoms with Gasteiger partial charge >= 0.3 is 0 Å². The van der Waals surface area contributed by atoms with Crippen molar-refractivity contribution in [1.82, 2.24) is 20.0 Å². The molecule has 0 spiro atoms. The third kappa shape index (κ3) is 4.56. The largest absolute Gasteiger partial charge is 0.380 e. The molecule has 0 bridgehead atoms. The Balaban J connectivity index is 1.35. The molecule has 1 aromatic heterocycles. The van der Waals surface area contributed by atoms with E-state index in [1.165, 1.54) is 4.90 Å². The molecule has 32 heavy (non-hydrogen) atoms. The summed E-state index contributed by atoms with van der Waals surface area (Å²) in [5.41, 5.74) is 3.86. The van der Waals surface area contributed by atoms with Crippen LogP contribution in [0.3, 0.4) is 0 Å². The van der Waals surface area contributed by atoms with E-state index in [1.54, 1.807) is 17.8 Å². The first kappa shape index (κ1) is 21.7. The van der Waals surface area contributed by atoms with Crippen molar-refractivity contribution in [3.05, 3.63) is 83.7 Å². The van der Waals surface area contributed by atoms with Crippen molar-refractivity contribution in [1.29, 1.82) is 0 Å². The fourth-order valence-corrected chi connectivity index (χ4v) is 3.87. The number of carbonyl (C=O) groups is 2. The van der Waals surface area contributed by atoms with Crippen LogP contribution in [0.4, 0.5) is 0 Å². The van der Waals surface area contributed by atoms with Gasteiger partial charge in [-0.1, -0.05) is 36.4 Å². The van der Waals surface area contributed by atoms with Gasteiger partial charge in [-0.2, -0.15) is 5.10 Å². The van der Waals surface area contributed by atoms with E-state index < -0.39 is 30.1 Å². The fourth-order valence-electron chi connectivity index (χ4n) is 3.87. The molecule has 8 heteroatoms. The molecule has 3 N–H and O–H groups in total. The van der Waals surface area contributed by atoms with Gasteiger partial charge in [0.05, 0.1) is 11.7 Å². The second-order valence-electron chi connectivity index (χ2n) is 7.94. The summed E-state index contributed by atoms with van der Waals surface area (Å²) in [5, 5.41) is 27.5. The molecule has 1 aliphatic heterocycles. The Kier molecular flexibility index (Phi) is 6.34. The van der Waals surface area contributed by atoms with E-state index in [0.717, 1.165) is 22.4 Å². The molecule has 2 aromatic carbocycles. The van der Waals surface area contributed by atoms with Gasteiger partial charge in [-0.3, -0.25) is 9.59 Å². The monoisotopic (exact) mass is 434 g/mol. The Morgan fingerprint density at radius 3 is 2.41 bits per heavy atom. The minimum absolute atomic E-state index is 0.347. The molecule has 0 saturated heterocycles. The maximum atomic E-state index is 12.7. The molecular formula is C24H26N4O4. The van der Waals surface area contributed by atoms with Gasteiger partial charge in [0.15, 0.2) is 12.2 Å². The number of benzene rings is 2. The summed E-state index contributed by atoms with van der Waals surface area (Å²) in [7, 11) is 0. The van der Waals surface area contributed by atoms with Crippen molar-refractivity contribution in [3.8, 4) is 5.69 Å². The summed E-state index contributed by atoms with van der Waals surface area (Å²) in [6, 6.07) is 16.6. The lowest BCUT2D eigenvalue weighted by molar-refractivity contribution is -0.154. The van der Waals surface area contributed by atoms with Crippen LogP contribution in [0.2, 0.25) is 0 Å². The van der Waals surface area contributed by atoms with Crippen LogP contribution < -0.4 is 5.32 Å². The minimum Gasteiger partial charge on any atom is -0.380 e. The van der Waals surface area contributed by atoms with Gasteiger partial charge in [-0.25, -0.2) is 4.68 Å². The zero-order chi connectivity index (χ0) is 22.7. The quantitative estimate of drug-likeness (QED) is 0.543. The van der Waals surface area contributed by atoms with Crippen molar-refractivity contribution in [3.63, 3.8) is 0 Å². The summed E-state index contributed by atoms with van der Waals surface area (Å²) in [6.07, 6.45) is 0.506. The summed E-state index contributed by atoms with van der Waals surface area (Å²) < 4.78 is 1.72. The minimum atomic E-state index is -1.86. The van der Waals surface area contributed by atoms with Crippen LogP contribution in [0.25, 0.3) is 5.69 Å². The molecule has 3 atom stereocenters. The number of fused-ring (bicyclic) bond motifs is 1. The average molecular weight is 434 g/mol. The van der Waals surface area contributed by atoms with E-state index in [4.69, 9.17) is 0 Å². The third-order valence-corrected chi connectivity index (χ3v) is 5.78. The number of rotatable bonds is 6. The Morgan fingerprint density at radius 1 is 1.00 bits per heavy atom. The molecule has 0 radical (unpaired) electrons. The van der Waals surface area contributed by atoms with Gasteiger partial charge < -0.3 is 20.4 Å². The SMILES string of the molecule is C[C@@H](NC(=O)[C@H](O)[C@@H](O)C(=O)N1CCc2ccccc2C1)c1ccc(-n2cccn2)cc1. The first-order valence-electron chi connectivity index (χ1n) is 10.6. The van der Waals surface area contributed by atoms with Crippen molar-refractivity contribution >= 4 is 11.8 Å². The van der Waals surface area contributed by atoms with Crippen LogP contribution >= 0.6 is 0 Å². The summed E-state index contributed by atoms with van der Waals surface area (Å²) in [5.74, 6) is -1.45. The predicted molar refractivity (Wildman–Crippen MR) is 118 cm³/mol. The standard InChI is InChI=1S/C24H26N4O4/c1-16(17-7-9-20(10-8-17)28-13-4-12-25-28)26-23(31)21(29)22(30)24(32)27-14-11-18-5-2-3-6-19(18)15-27/h2-10,12-13,16,21-22,29-30H,11,14-15H2,1H3,(H,26,31)/t16-,21-,22-/m1/s1. The van der Waals surface area contributed by atoms with Gasteiger partial charge in [-0.05, 0) is 48.2 Å². The average Bonchev–Trinajstić information content (AvgIpc) is 3.37. The summed E-state index contributed by atoms with van der Waals surface area (Å²) in [6.45, 7) is 2.54. The smallest absolute Gasteiger partial charge is 0.255 e. The highest BCUT2D eigenvalue weighted by Gasteiger charge is 2.35. The van der Waals surface area contributed by atoms with Gasteiger partial charge in [0.2, 0.25) is 0 Å². The Bertz CT molecular complexity index is 1080. The fraction of sp³-hybridized carbons (Fsp3) is 0.292. The van der Waals surface area contributed by atoms with E-state index in [1.807, 2.05) is 60.8 Å². The third-order valence-electron chi connectivity index (χ3n) is 5.78. The zero-order valence-electron chi connectivity index (χ0n) is 17.8. The molecule has 166 valence electrons. The number of nitrogens with zero attached hydrogens (tertiary/aromatic N) is 3. The van der Waals surface area contributed by atoms with E-state index in [-0.39, 0.29) is 0 Å². The highest BCUT2D eigenvalue weighted by atomic mass is 16.3. The zero-order valence-corrected chi connectivity index (χ0v) is 17.8. The molecule has 0 unspecified atom stereocenters. The highest BCUT2D eigenvalue weighted by Crippen LogP contribution is 2.20. The van der Waals surface area contributed by atoms with Gasteiger partial charge in [0.1, 0.15) is 0 Å². The number of nitrogens with one attached hydrogen (secondary N) is 1. The van der Waals surface area contributed by atoms with Crippen molar-refractivity contribution in [2.75, 3.05) is 6.54 Å². The van der Waals surface area contributed by atoms with Crippen molar-refractivity contribution in [2.24, 2.45) is 0 Å². The normalized spacial score (nSPS) is 16.0. The molecule has 2 heterocycles. The Labute approximate surface area is 186 Å².